The largest absolute Gasteiger partial charge is 0.494 e. The number of aromatic hydroxyl groups is 1. The molecule has 1 aromatic heterocycles. The summed E-state index contributed by atoms with van der Waals surface area (Å²) in [4.78, 5) is 36.0. The number of carbonyl (C=O) groups excluding carboxylic acids is 2. The van der Waals surface area contributed by atoms with Gasteiger partial charge in [-0.15, -0.1) is 0 Å². The average molecular weight is 301 g/mol. The molecule has 0 spiro atoms. The SMILES string of the molecule is CCOC(=O)c1cc(C(C)=O)c(=O)n(-c2ccccc2)c1O. The monoisotopic (exact) mass is 301 g/mol. The lowest BCUT2D eigenvalue weighted by Crippen LogP contribution is -2.26. The van der Waals surface area contributed by atoms with E-state index in [-0.39, 0.29) is 17.7 Å². The summed E-state index contributed by atoms with van der Waals surface area (Å²) in [7, 11) is 0. The van der Waals surface area contributed by atoms with Gasteiger partial charge in [0.2, 0.25) is 5.88 Å². The highest BCUT2D eigenvalue weighted by molar-refractivity contribution is 5.98. The van der Waals surface area contributed by atoms with Crippen molar-refractivity contribution in [3.63, 3.8) is 0 Å². The first kappa shape index (κ1) is 15.5. The maximum Gasteiger partial charge on any atom is 0.343 e. The fourth-order valence-electron chi connectivity index (χ4n) is 2.04. The minimum atomic E-state index is -0.799. The standard InChI is InChI=1S/C16H15NO5/c1-3-22-16(21)13-9-12(10(2)18)14(19)17(15(13)20)11-7-5-4-6-8-11/h4-9,20H,3H2,1-2H3. The van der Waals surface area contributed by atoms with Crippen LogP contribution in [0.2, 0.25) is 0 Å². The maximum absolute atomic E-state index is 12.4. The van der Waals surface area contributed by atoms with Gasteiger partial charge in [0.25, 0.3) is 5.56 Å². The van der Waals surface area contributed by atoms with E-state index in [4.69, 9.17) is 4.74 Å². The Labute approximate surface area is 126 Å². The number of rotatable bonds is 4. The van der Waals surface area contributed by atoms with E-state index in [1.165, 1.54) is 6.92 Å². The first-order chi connectivity index (χ1) is 10.5. The van der Waals surface area contributed by atoms with E-state index in [1.54, 1.807) is 37.3 Å². The molecule has 0 aliphatic rings. The number of pyridine rings is 1. The molecule has 22 heavy (non-hydrogen) atoms. The Balaban J connectivity index is 2.79. The molecule has 114 valence electrons. The van der Waals surface area contributed by atoms with E-state index in [2.05, 4.69) is 0 Å². The van der Waals surface area contributed by atoms with Crippen molar-refractivity contribution in [2.24, 2.45) is 0 Å². The molecule has 0 atom stereocenters. The second-order valence-electron chi connectivity index (χ2n) is 4.55. The Kier molecular flexibility index (Phi) is 4.41. The highest BCUT2D eigenvalue weighted by atomic mass is 16.5. The lowest BCUT2D eigenvalue weighted by molar-refractivity contribution is 0.0521. The second kappa shape index (κ2) is 6.26. The molecule has 0 aliphatic carbocycles. The fraction of sp³-hybridized carbons (Fsp3) is 0.188. The molecule has 0 saturated heterocycles. The van der Waals surface area contributed by atoms with Crippen LogP contribution < -0.4 is 5.56 Å². The summed E-state index contributed by atoms with van der Waals surface area (Å²) in [6.07, 6.45) is 0. The van der Waals surface area contributed by atoms with Gasteiger partial charge in [-0.3, -0.25) is 9.59 Å². The van der Waals surface area contributed by atoms with Gasteiger partial charge in [-0.05, 0) is 32.0 Å². The van der Waals surface area contributed by atoms with E-state index in [0.717, 1.165) is 10.6 Å². The van der Waals surface area contributed by atoms with Crippen LogP contribution in [0.1, 0.15) is 34.6 Å². The van der Waals surface area contributed by atoms with E-state index in [0.29, 0.717) is 5.69 Å². The van der Waals surface area contributed by atoms with E-state index < -0.39 is 23.2 Å². The molecule has 2 rings (SSSR count). The number of aromatic nitrogens is 1. The molecule has 0 aliphatic heterocycles. The molecule has 0 amide bonds. The van der Waals surface area contributed by atoms with Gasteiger partial charge < -0.3 is 9.84 Å². The molecule has 0 saturated carbocycles. The highest BCUT2D eigenvalue weighted by Gasteiger charge is 2.22. The summed E-state index contributed by atoms with van der Waals surface area (Å²) >= 11 is 0. The molecule has 6 heteroatoms. The highest BCUT2D eigenvalue weighted by Crippen LogP contribution is 2.21. The van der Waals surface area contributed by atoms with Crippen molar-refractivity contribution in [1.82, 2.24) is 4.57 Å². The lowest BCUT2D eigenvalue weighted by atomic mass is 10.1. The molecule has 6 nitrogen and oxygen atoms in total. The van der Waals surface area contributed by atoms with Crippen LogP contribution in [0.15, 0.2) is 41.2 Å². The van der Waals surface area contributed by atoms with Gasteiger partial charge in [-0.1, -0.05) is 18.2 Å². The third-order valence-corrected chi connectivity index (χ3v) is 3.06. The Morgan fingerprint density at radius 1 is 1.18 bits per heavy atom. The summed E-state index contributed by atoms with van der Waals surface area (Å²) in [5, 5.41) is 10.3. The van der Waals surface area contributed by atoms with Gasteiger partial charge in [0.05, 0.1) is 17.9 Å². The Hall–Kier alpha value is -2.89. The smallest absolute Gasteiger partial charge is 0.343 e. The van der Waals surface area contributed by atoms with Crippen LogP contribution in [0.25, 0.3) is 5.69 Å². The van der Waals surface area contributed by atoms with Gasteiger partial charge in [0, 0.05) is 0 Å². The molecular weight excluding hydrogens is 286 g/mol. The van der Waals surface area contributed by atoms with Crippen molar-refractivity contribution in [1.29, 1.82) is 0 Å². The zero-order chi connectivity index (χ0) is 16.3. The van der Waals surface area contributed by atoms with Gasteiger partial charge in [0.1, 0.15) is 5.56 Å². The Morgan fingerprint density at radius 3 is 2.36 bits per heavy atom. The van der Waals surface area contributed by atoms with Crippen LogP contribution in [0.4, 0.5) is 0 Å². The molecule has 1 heterocycles. The van der Waals surface area contributed by atoms with E-state index in [9.17, 15) is 19.5 Å². The fourth-order valence-corrected chi connectivity index (χ4v) is 2.04. The van der Waals surface area contributed by atoms with Crippen molar-refractivity contribution in [2.75, 3.05) is 6.61 Å². The second-order valence-corrected chi connectivity index (χ2v) is 4.55. The number of esters is 1. The Morgan fingerprint density at radius 2 is 1.82 bits per heavy atom. The number of Topliss-reactive ketones (excluding diaryl/α,β-unsaturated/α-hetero) is 1. The minimum absolute atomic E-state index is 0.109. The number of carbonyl (C=O) groups is 2. The number of nitrogens with zero attached hydrogens (tertiary/aromatic N) is 1. The minimum Gasteiger partial charge on any atom is -0.494 e. The topological polar surface area (TPSA) is 85.6 Å². The normalized spacial score (nSPS) is 10.3. The predicted octanol–water partition coefficient (Wildman–Crippen LogP) is 1.92. The van der Waals surface area contributed by atoms with Gasteiger partial charge in [-0.25, -0.2) is 9.36 Å². The van der Waals surface area contributed by atoms with Crippen molar-refractivity contribution in [3.05, 3.63) is 57.9 Å². The molecule has 2 aromatic rings. The summed E-state index contributed by atoms with van der Waals surface area (Å²) in [6.45, 7) is 2.95. The van der Waals surface area contributed by atoms with E-state index >= 15 is 0 Å². The molecule has 0 bridgehead atoms. The van der Waals surface area contributed by atoms with Gasteiger partial charge >= 0.3 is 5.97 Å². The quantitative estimate of drug-likeness (QED) is 0.689. The number of ether oxygens (including phenoxy) is 1. The summed E-state index contributed by atoms with van der Waals surface area (Å²) < 4.78 is 5.77. The molecule has 1 aromatic carbocycles. The van der Waals surface area contributed by atoms with E-state index in [1.807, 2.05) is 0 Å². The molecule has 1 N–H and O–H groups in total. The van der Waals surface area contributed by atoms with Crippen LogP contribution >= 0.6 is 0 Å². The van der Waals surface area contributed by atoms with Crippen LogP contribution in [-0.2, 0) is 4.74 Å². The third-order valence-electron chi connectivity index (χ3n) is 3.06. The van der Waals surface area contributed by atoms with Crippen molar-refractivity contribution < 1.29 is 19.4 Å². The summed E-state index contributed by atoms with van der Waals surface area (Å²) in [5.74, 6) is -1.85. The number of ketones is 1. The van der Waals surface area contributed by atoms with Gasteiger partial charge in [-0.2, -0.15) is 0 Å². The first-order valence-electron chi connectivity index (χ1n) is 6.69. The molecule has 0 unspecified atom stereocenters. The summed E-state index contributed by atoms with van der Waals surface area (Å²) in [5.41, 5.74) is -0.761. The molecule has 0 fully saturated rings. The summed E-state index contributed by atoms with van der Waals surface area (Å²) in [6, 6.07) is 9.32. The molecular formula is C16H15NO5. The maximum atomic E-state index is 12.4. The third kappa shape index (κ3) is 2.76. The zero-order valence-corrected chi connectivity index (χ0v) is 12.2. The number of hydrogen-bond donors (Lipinski definition) is 1. The van der Waals surface area contributed by atoms with Crippen LogP contribution in [0.5, 0.6) is 5.88 Å². The van der Waals surface area contributed by atoms with Crippen LogP contribution in [0, 0.1) is 0 Å². The zero-order valence-electron chi connectivity index (χ0n) is 12.2. The van der Waals surface area contributed by atoms with Crippen LogP contribution in [-0.4, -0.2) is 28.0 Å². The number of benzene rings is 1. The first-order valence-corrected chi connectivity index (χ1v) is 6.69. The van der Waals surface area contributed by atoms with Crippen molar-refractivity contribution in [2.45, 2.75) is 13.8 Å². The Bertz CT molecular complexity index is 777. The number of para-hydroxylation sites is 1. The lowest BCUT2D eigenvalue weighted by Gasteiger charge is -2.13. The number of hydrogen-bond acceptors (Lipinski definition) is 5. The van der Waals surface area contributed by atoms with Gasteiger partial charge in [0.15, 0.2) is 5.78 Å². The average Bonchev–Trinajstić information content (AvgIpc) is 2.48. The predicted molar refractivity (Wildman–Crippen MR) is 79.7 cm³/mol. The van der Waals surface area contributed by atoms with Crippen molar-refractivity contribution in [3.8, 4) is 11.6 Å². The van der Waals surface area contributed by atoms with Crippen molar-refractivity contribution >= 4 is 11.8 Å². The van der Waals surface area contributed by atoms with Crippen LogP contribution in [0.3, 0.4) is 0 Å². The molecule has 0 radical (unpaired) electrons.